The van der Waals surface area contributed by atoms with Gasteiger partial charge in [-0.2, -0.15) is 0 Å². The molecule has 1 aromatic carbocycles. The van der Waals surface area contributed by atoms with E-state index in [1.165, 1.54) is 4.90 Å². The lowest BCUT2D eigenvalue weighted by molar-refractivity contribution is -0.121. The van der Waals surface area contributed by atoms with Gasteiger partial charge in [-0.1, -0.05) is 28.4 Å². The molecule has 0 spiro atoms. The second kappa shape index (κ2) is 7.45. The normalized spacial score (nSPS) is 17.4. The van der Waals surface area contributed by atoms with Crippen LogP contribution in [0.5, 0.6) is 0 Å². The van der Waals surface area contributed by atoms with Crippen molar-refractivity contribution in [2.75, 3.05) is 11.9 Å². The Morgan fingerprint density at radius 1 is 1.28 bits per heavy atom. The number of anilines is 1. The van der Waals surface area contributed by atoms with Gasteiger partial charge >= 0.3 is 0 Å². The molecule has 25 heavy (non-hydrogen) atoms. The third kappa shape index (κ3) is 3.96. The van der Waals surface area contributed by atoms with Gasteiger partial charge in [0.25, 0.3) is 5.91 Å². The highest BCUT2D eigenvalue weighted by atomic mass is 35.5. The fraction of sp³-hybridized carbons (Fsp3) is 0.353. The number of benzene rings is 1. The summed E-state index contributed by atoms with van der Waals surface area (Å²) in [5.41, 5.74) is 1.08. The summed E-state index contributed by atoms with van der Waals surface area (Å²) < 4.78 is 5.05. The quantitative estimate of drug-likeness (QED) is 0.873. The van der Waals surface area contributed by atoms with Crippen LogP contribution in [0.2, 0.25) is 10.0 Å². The number of carbonyl (C=O) groups excluding carboxylic acids is 2. The lowest BCUT2D eigenvalue weighted by Crippen LogP contribution is -2.50. The zero-order valence-electron chi connectivity index (χ0n) is 13.6. The molecule has 2 heterocycles. The lowest BCUT2D eigenvalue weighted by Gasteiger charge is -2.34. The van der Waals surface area contributed by atoms with Gasteiger partial charge in [-0.05, 0) is 44.4 Å². The maximum Gasteiger partial charge on any atom is 0.293 e. The van der Waals surface area contributed by atoms with E-state index in [1.54, 1.807) is 31.2 Å². The Balaban J connectivity index is 1.78. The monoisotopic (exact) mass is 381 g/mol. The molecular formula is C17H17Cl2N3O3. The van der Waals surface area contributed by atoms with E-state index in [9.17, 15) is 9.59 Å². The summed E-state index contributed by atoms with van der Waals surface area (Å²) in [5.74, 6) is -0.474. The van der Waals surface area contributed by atoms with Crippen molar-refractivity contribution in [2.24, 2.45) is 0 Å². The summed E-state index contributed by atoms with van der Waals surface area (Å²) in [6.07, 6.45) is 2.28. The Hall–Kier alpha value is -2.05. The predicted octanol–water partition coefficient (Wildman–Crippen LogP) is 3.92. The summed E-state index contributed by atoms with van der Waals surface area (Å²) in [7, 11) is 0. The summed E-state index contributed by atoms with van der Waals surface area (Å²) >= 11 is 12.0. The molecule has 2 aromatic rings. The number of hydrogen-bond donors (Lipinski definition) is 1. The number of piperidine rings is 1. The molecule has 1 saturated heterocycles. The van der Waals surface area contributed by atoms with E-state index in [2.05, 4.69) is 10.5 Å². The van der Waals surface area contributed by atoms with E-state index < -0.39 is 6.04 Å². The van der Waals surface area contributed by atoms with E-state index >= 15 is 0 Å². The minimum Gasteiger partial charge on any atom is -0.351 e. The van der Waals surface area contributed by atoms with Crippen molar-refractivity contribution in [3.63, 3.8) is 0 Å². The van der Waals surface area contributed by atoms with Crippen LogP contribution in [0.25, 0.3) is 0 Å². The molecule has 1 N–H and O–H groups in total. The molecule has 0 radical (unpaired) electrons. The molecule has 0 bridgehead atoms. The van der Waals surface area contributed by atoms with Crippen molar-refractivity contribution >= 4 is 40.7 Å². The zero-order chi connectivity index (χ0) is 18.0. The van der Waals surface area contributed by atoms with Crippen molar-refractivity contribution < 1.29 is 14.1 Å². The topological polar surface area (TPSA) is 75.4 Å². The number of halogens is 2. The van der Waals surface area contributed by atoms with Crippen LogP contribution >= 0.6 is 23.2 Å². The molecule has 0 aliphatic carbocycles. The molecule has 2 amide bonds. The van der Waals surface area contributed by atoms with E-state index in [1.807, 2.05) is 0 Å². The summed E-state index contributed by atoms with van der Waals surface area (Å²) in [6, 6.07) is 5.82. The summed E-state index contributed by atoms with van der Waals surface area (Å²) in [5, 5.41) is 7.35. The van der Waals surface area contributed by atoms with Crippen LogP contribution in [0.15, 0.2) is 28.8 Å². The van der Waals surface area contributed by atoms with Crippen molar-refractivity contribution in [1.82, 2.24) is 10.1 Å². The SMILES string of the molecule is Cc1cc(C(=O)N2CCCCC2C(=O)Nc2ccc(Cl)cc2Cl)on1. The number of aromatic nitrogens is 1. The third-order valence-corrected chi connectivity index (χ3v) is 4.64. The van der Waals surface area contributed by atoms with Crippen molar-refractivity contribution in [1.29, 1.82) is 0 Å². The molecule has 1 fully saturated rings. The zero-order valence-corrected chi connectivity index (χ0v) is 15.1. The van der Waals surface area contributed by atoms with Gasteiger partial charge in [-0.3, -0.25) is 9.59 Å². The molecule has 1 unspecified atom stereocenters. The highest BCUT2D eigenvalue weighted by Gasteiger charge is 2.34. The molecule has 0 saturated carbocycles. The van der Waals surface area contributed by atoms with Gasteiger partial charge in [-0.25, -0.2) is 0 Å². The highest BCUT2D eigenvalue weighted by molar-refractivity contribution is 6.36. The van der Waals surface area contributed by atoms with E-state index in [4.69, 9.17) is 27.7 Å². The number of amides is 2. The molecule has 8 heteroatoms. The fourth-order valence-corrected chi connectivity index (χ4v) is 3.32. The van der Waals surface area contributed by atoms with Crippen LogP contribution < -0.4 is 5.32 Å². The van der Waals surface area contributed by atoms with Gasteiger partial charge in [0.1, 0.15) is 6.04 Å². The van der Waals surface area contributed by atoms with Crippen molar-refractivity contribution in [3.8, 4) is 0 Å². The average Bonchev–Trinajstić information content (AvgIpc) is 3.03. The number of nitrogens with zero attached hydrogens (tertiary/aromatic N) is 2. The standard InChI is InChI=1S/C17H17Cl2N3O3/c1-10-8-15(25-21-10)17(24)22-7-3-2-4-14(22)16(23)20-13-6-5-11(18)9-12(13)19/h5-6,8-9,14H,2-4,7H2,1H3,(H,20,23). The Bertz CT molecular complexity index is 806. The minimum atomic E-state index is -0.585. The highest BCUT2D eigenvalue weighted by Crippen LogP contribution is 2.27. The van der Waals surface area contributed by atoms with Crippen LogP contribution in [0.3, 0.4) is 0 Å². The Morgan fingerprint density at radius 2 is 2.08 bits per heavy atom. The first kappa shape index (κ1) is 17.8. The minimum absolute atomic E-state index is 0.140. The van der Waals surface area contributed by atoms with E-state index in [-0.39, 0.29) is 17.6 Å². The second-order valence-electron chi connectivity index (χ2n) is 5.96. The van der Waals surface area contributed by atoms with Crippen LogP contribution in [0.1, 0.15) is 35.5 Å². The Kier molecular flexibility index (Phi) is 5.30. The molecular weight excluding hydrogens is 365 g/mol. The molecule has 1 aliphatic heterocycles. The molecule has 132 valence electrons. The first-order valence-electron chi connectivity index (χ1n) is 7.96. The molecule has 3 rings (SSSR count). The van der Waals surface area contributed by atoms with Crippen molar-refractivity contribution in [2.45, 2.75) is 32.2 Å². The lowest BCUT2D eigenvalue weighted by atomic mass is 10.0. The van der Waals surface area contributed by atoms with E-state index in [0.29, 0.717) is 34.4 Å². The number of likely N-dealkylation sites (tertiary alicyclic amines) is 1. The van der Waals surface area contributed by atoms with Gasteiger partial charge in [0.15, 0.2) is 0 Å². The predicted molar refractivity (Wildman–Crippen MR) is 95.0 cm³/mol. The Morgan fingerprint density at radius 3 is 2.76 bits per heavy atom. The second-order valence-corrected chi connectivity index (χ2v) is 6.80. The maximum atomic E-state index is 12.7. The van der Waals surface area contributed by atoms with Crippen LogP contribution in [0.4, 0.5) is 5.69 Å². The fourth-order valence-electron chi connectivity index (χ4n) is 2.86. The molecule has 1 aromatic heterocycles. The average molecular weight is 382 g/mol. The maximum absolute atomic E-state index is 12.7. The van der Waals surface area contributed by atoms with Gasteiger partial charge < -0.3 is 14.7 Å². The van der Waals surface area contributed by atoms with E-state index in [0.717, 1.165) is 12.8 Å². The number of hydrogen-bond acceptors (Lipinski definition) is 4. The van der Waals surface area contributed by atoms with Gasteiger partial charge in [0.2, 0.25) is 11.7 Å². The third-order valence-electron chi connectivity index (χ3n) is 4.09. The van der Waals surface area contributed by atoms with Crippen LogP contribution in [-0.4, -0.2) is 34.5 Å². The number of aryl methyl sites for hydroxylation is 1. The first-order valence-corrected chi connectivity index (χ1v) is 8.71. The van der Waals surface area contributed by atoms with Crippen LogP contribution in [-0.2, 0) is 4.79 Å². The van der Waals surface area contributed by atoms with Gasteiger partial charge in [-0.15, -0.1) is 0 Å². The number of carbonyl (C=O) groups is 2. The van der Waals surface area contributed by atoms with Gasteiger partial charge in [0, 0.05) is 17.6 Å². The largest absolute Gasteiger partial charge is 0.351 e. The Labute approximate surface area is 155 Å². The molecule has 1 atom stereocenters. The summed E-state index contributed by atoms with van der Waals surface area (Å²) in [4.78, 5) is 26.9. The van der Waals surface area contributed by atoms with Crippen molar-refractivity contribution in [3.05, 3.63) is 45.8 Å². The number of rotatable bonds is 3. The number of nitrogens with one attached hydrogen (secondary N) is 1. The first-order chi connectivity index (χ1) is 12.0. The smallest absolute Gasteiger partial charge is 0.293 e. The van der Waals surface area contributed by atoms with Crippen LogP contribution in [0, 0.1) is 6.92 Å². The molecule has 1 aliphatic rings. The molecule has 6 nitrogen and oxygen atoms in total. The summed E-state index contributed by atoms with van der Waals surface area (Å²) in [6.45, 7) is 2.23. The van der Waals surface area contributed by atoms with Gasteiger partial charge in [0.05, 0.1) is 16.4 Å².